The molecule has 0 spiro atoms. The molecular formula is C24H30ClN5O3. The second kappa shape index (κ2) is 8.74. The molecule has 3 heterocycles. The molecule has 0 saturated carbocycles. The highest BCUT2D eigenvalue weighted by molar-refractivity contribution is 6.29. The minimum absolute atomic E-state index is 0.00559. The molecule has 9 heteroatoms. The smallest absolute Gasteiger partial charge is 0.410 e. The summed E-state index contributed by atoms with van der Waals surface area (Å²) < 4.78 is 5.48. The predicted octanol–water partition coefficient (Wildman–Crippen LogP) is 4.30. The zero-order chi connectivity index (χ0) is 23.9. The molecule has 2 aliphatic rings. The Hall–Kier alpha value is -3.00. The van der Waals surface area contributed by atoms with Crippen LogP contribution in [0, 0.1) is 0 Å². The molecule has 0 bridgehead atoms. The Kier molecular flexibility index (Phi) is 6.14. The standard InChI is InChI=1S/C24H30ClN5O3/c1-16-22(31)27(5)19-10-11-20(25)26-21(19)30(16)18-8-6-17(7-9-18)28-12-14-29(15-13-28)23(32)33-24(2,3)4/h6-11,16H,12-15H2,1-5H3. The molecule has 1 atom stereocenters. The van der Waals surface area contributed by atoms with Crippen LogP contribution in [0.1, 0.15) is 27.7 Å². The van der Waals surface area contributed by atoms with Crippen LogP contribution in [0.3, 0.4) is 0 Å². The lowest BCUT2D eigenvalue weighted by Gasteiger charge is -2.39. The highest BCUT2D eigenvalue weighted by Crippen LogP contribution is 2.40. The normalized spacial score (nSPS) is 19.0. The Morgan fingerprint density at radius 1 is 1.03 bits per heavy atom. The highest BCUT2D eigenvalue weighted by Gasteiger charge is 2.36. The summed E-state index contributed by atoms with van der Waals surface area (Å²) in [5.41, 5.74) is 2.17. The van der Waals surface area contributed by atoms with E-state index in [1.807, 2.05) is 62.9 Å². The van der Waals surface area contributed by atoms with Crippen molar-refractivity contribution in [3.05, 3.63) is 41.6 Å². The van der Waals surface area contributed by atoms with Crippen LogP contribution in [0.25, 0.3) is 0 Å². The summed E-state index contributed by atoms with van der Waals surface area (Å²) >= 11 is 6.17. The number of likely N-dealkylation sites (N-methyl/N-ethyl adjacent to an activating group) is 1. The number of nitrogens with zero attached hydrogens (tertiary/aromatic N) is 5. The quantitative estimate of drug-likeness (QED) is 0.608. The number of hydrogen-bond acceptors (Lipinski definition) is 6. The van der Waals surface area contributed by atoms with Crippen LogP contribution in [-0.2, 0) is 9.53 Å². The maximum atomic E-state index is 12.8. The topological polar surface area (TPSA) is 69.2 Å². The fourth-order valence-corrected chi connectivity index (χ4v) is 4.34. The molecule has 1 aromatic heterocycles. The Morgan fingerprint density at radius 3 is 2.24 bits per heavy atom. The van der Waals surface area contributed by atoms with Crippen molar-refractivity contribution < 1.29 is 14.3 Å². The largest absolute Gasteiger partial charge is 0.444 e. The van der Waals surface area contributed by atoms with E-state index in [4.69, 9.17) is 16.3 Å². The lowest BCUT2D eigenvalue weighted by atomic mass is 10.1. The second-order valence-electron chi connectivity index (χ2n) is 9.39. The summed E-state index contributed by atoms with van der Waals surface area (Å²) in [6.07, 6.45) is -0.268. The van der Waals surface area contributed by atoms with Gasteiger partial charge in [-0.15, -0.1) is 0 Å². The van der Waals surface area contributed by atoms with E-state index < -0.39 is 11.6 Å². The van der Waals surface area contributed by atoms with Crippen molar-refractivity contribution in [1.82, 2.24) is 9.88 Å². The zero-order valence-corrected chi connectivity index (χ0v) is 20.5. The number of carbonyl (C=O) groups is 2. The van der Waals surface area contributed by atoms with E-state index >= 15 is 0 Å². The third-order valence-electron chi connectivity index (χ3n) is 5.91. The number of anilines is 4. The molecule has 33 heavy (non-hydrogen) atoms. The molecule has 8 nitrogen and oxygen atoms in total. The Morgan fingerprint density at radius 2 is 1.64 bits per heavy atom. The number of hydrogen-bond donors (Lipinski definition) is 0. The van der Waals surface area contributed by atoms with Crippen molar-refractivity contribution in [3.8, 4) is 0 Å². The van der Waals surface area contributed by atoms with Crippen LogP contribution in [0.2, 0.25) is 5.15 Å². The molecule has 1 unspecified atom stereocenters. The molecule has 0 radical (unpaired) electrons. The molecule has 2 aromatic rings. The van der Waals surface area contributed by atoms with Gasteiger partial charge >= 0.3 is 6.09 Å². The van der Waals surface area contributed by atoms with Crippen molar-refractivity contribution >= 4 is 46.5 Å². The molecule has 1 saturated heterocycles. The number of fused-ring (bicyclic) bond motifs is 1. The Bertz CT molecular complexity index is 1050. The van der Waals surface area contributed by atoms with E-state index in [2.05, 4.69) is 9.88 Å². The molecule has 1 fully saturated rings. The number of benzene rings is 1. The van der Waals surface area contributed by atoms with Gasteiger partial charge in [0.05, 0.1) is 5.69 Å². The fourth-order valence-electron chi connectivity index (χ4n) is 4.19. The van der Waals surface area contributed by atoms with Gasteiger partial charge in [0.15, 0.2) is 5.82 Å². The number of carbonyl (C=O) groups excluding carboxylic acids is 2. The molecule has 4 rings (SSSR count). The van der Waals surface area contributed by atoms with E-state index in [0.717, 1.165) is 30.2 Å². The molecule has 0 aliphatic carbocycles. The van der Waals surface area contributed by atoms with Gasteiger partial charge in [0, 0.05) is 44.6 Å². The predicted molar refractivity (Wildman–Crippen MR) is 131 cm³/mol. The van der Waals surface area contributed by atoms with Crippen LogP contribution < -0.4 is 14.7 Å². The van der Waals surface area contributed by atoms with Crippen molar-refractivity contribution in [2.45, 2.75) is 39.3 Å². The minimum atomic E-state index is -0.496. The van der Waals surface area contributed by atoms with E-state index in [1.54, 1.807) is 22.9 Å². The summed E-state index contributed by atoms with van der Waals surface area (Å²) in [4.78, 5) is 37.2. The van der Waals surface area contributed by atoms with Crippen LogP contribution in [0.5, 0.6) is 0 Å². The lowest BCUT2D eigenvalue weighted by Crippen LogP contribution is -2.50. The van der Waals surface area contributed by atoms with E-state index in [1.165, 1.54) is 0 Å². The van der Waals surface area contributed by atoms with Gasteiger partial charge < -0.3 is 24.3 Å². The number of aromatic nitrogens is 1. The van der Waals surface area contributed by atoms with Crippen LogP contribution >= 0.6 is 11.6 Å². The average molecular weight is 472 g/mol. The maximum absolute atomic E-state index is 12.8. The van der Waals surface area contributed by atoms with Crippen molar-refractivity contribution in [1.29, 1.82) is 0 Å². The first-order valence-electron chi connectivity index (χ1n) is 11.1. The van der Waals surface area contributed by atoms with Gasteiger partial charge in [-0.25, -0.2) is 9.78 Å². The number of ether oxygens (including phenoxy) is 1. The lowest BCUT2D eigenvalue weighted by molar-refractivity contribution is -0.119. The monoisotopic (exact) mass is 471 g/mol. The van der Waals surface area contributed by atoms with Crippen LogP contribution in [0.15, 0.2) is 36.4 Å². The summed E-state index contributed by atoms with van der Waals surface area (Å²) in [6, 6.07) is 11.2. The first-order valence-corrected chi connectivity index (χ1v) is 11.5. The number of halogens is 1. The number of pyridine rings is 1. The second-order valence-corrected chi connectivity index (χ2v) is 9.78. The number of rotatable bonds is 2. The summed E-state index contributed by atoms with van der Waals surface area (Å²) in [5.74, 6) is 0.657. The third-order valence-corrected chi connectivity index (χ3v) is 6.12. The third kappa shape index (κ3) is 4.71. The van der Waals surface area contributed by atoms with Crippen LogP contribution in [0.4, 0.5) is 27.7 Å². The molecule has 1 aromatic carbocycles. The summed E-state index contributed by atoms with van der Waals surface area (Å²) in [6.45, 7) is 10.2. The zero-order valence-electron chi connectivity index (χ0n) is 19.7. The van der Waals surface area contributed by atoms with Gasteiger partial charge in [0.2, 0.25) is 5.91 Å². The number of amides is 2. The fraction of sp³-hybridized carbons (Fsp3) is 0.458. The summed E-state index contributed by atoms with van der Waals surface area (Å²) in [5, 5.41) is 0.383. The van der Waals surface area contributed by atoms with E-state index in [-0.39, 0.29) is 12.0 Å². The summed E-state index contributed by atoms with van der Waals surface area (Å²) in [7, 11) is 1.75. The Balaban J connectivity index is 1.49. The van der Waals surface area contributed by atoms with Crippen molar-refractivity contribution in [2.75, 3.05) is 47.9 Å². The molecular weight excluding hydrogens is 442 g/mol. The van der Waals surface area contributed by atoms with E-state index in [0.29, 0.717) is 24.1 Å². The molecule has 176 valence electrons. The molecule has 2 amide bonds. The first kappa shape index (κ1) is 23.2. The van der Waals surface area contributed by atoms with Gasteiger partial charge in [0.1, 0.15) is 16.8 Å². The minimum Gasteiger partial charge on any atom is -0.444 e. The van der Waals surface area contributed by atoms with Gasteiger partial charge in [-0.2, -0.15) is 0 Å². The van der Waals surface area contributed by atoms with Gasteiger partial charge in [-0.1, -0.05) is 11.6 Å². The van der Waals surface area contributed by atoms with Gasteiger partial charge in [-0.3, -0.25) is 4.79 Å². The SMILES string of the molecule is CC1C(=O)N(C)c2ccc(Cl)nc2N1c1ccc(N2CCN(C(=O)OC(C)(C)C)CC2)cc1. The first-order chi connectivity index (χ1) is 15.5. The Labute approximate surface area is 199 Å². The van der Waals surface area contributed by atoms with Crippen LogP contribution in [-0.4, -0.2) is 66.8 Å². The van der Waals surface area contributed by atoms with E-state index in [9.17, 15) is 9.59 Å². The van der Waals surface area contributed by atoms with Gasteiger partial charge in [-0.05, 0) is 64.1 Å². The molecule has 0 N–H and O–H groups in total. The number of piperazine rings is 1. The van der Waals surface area contributed by atoms with Crippen molar-refractivity contribution in [2.24, 2.45) is 0 Å². The highest BCUT2D eigenvalue weighted by atomic mass is 35.5. The molecule has 2 aliphatic heterocycles. The van der Waals surface area contributed by atoms with Crippen molar-refractivity contribution in [3.63, 3.8) is 0 Å². The van der Waals surface area contributed by atoms with Gasteiger partial charge in [0.25, 0.3) is 0 Å². The maximum Gasteiger partial charge on any atom is 0.410 e. The average Bonchev–Trinajstić information content (AvgIpc) is 2.77.